The Morgan fingerprint density at radius 2 is 2.10 bits per heavy atom. The number of nitrogens with one attached hydrogen (secondary N) is 3. The quantitative estimate of drug-likeness (QED) is 0.278. The molecule has 9 heteroatoms. The molecule has 30 heavy (non-hydrogen) atoms. The van der Waals surface area contributed by atoms with Crippen LogP contribution in [0.1, 0.15) is 45.1 Å². The molecule has 1 aromatic carbocycles. The van der Waals surface area contributed by atoms with Gasteiger partial charge in [0.05, 0.1) is 9.75 Å². The van der Waals surface area contributed by atoms with Crippen molar-refractivity contribution in [2.45, 2.75) is 26.3 Å². The molecule has 3 aromatic rings. The minimum absolute atomic E-state index is 0. The Morgan fingerprint density at radius 1 is 1.30 bits per heavy atom. The number of hydrogen-bond donors (Lipinski definition) is 3. The van der Waals surface area contributed by atoms with Crippen LogP contribution in [0.25, 0.3) is 0 Å². The molecule has 0 aliphatic carbocycles. The van der Waals surface area contributed by atoms with Gasteiger partial charge in [-0.2, -0.15) is 17.8 Å². The molecule has 0 saturated heterocycles. The van der Waals surface area contributed by atoms with Gasteiger partial charge in [0.15, 0.2) is 0 Å². The van der Waals surface area contributed by atoms with Gasteiger partial charge in [-0.05, 0) is 36.8 Å². The molecule has 0 fully saturated rings. The summed E-state index contributed by atoms with van der Waals surface area (Å²) in [5.74, 6) is 0.338. The van der Waals surface area contributed by atoms with Crippen LogP contribution in [-0.4, -0.2) is 10.9 Å². The average Bonchev–Trinajstić information content (AvgIpc) is 3.34. The standard InChI is InChI=1S/C21H20F2N4OS.K/c1-13-10-19(26-12-13)25-9-8-24-14(2)15-4-3-5-16(11-15)27-21(28)18-7-6-17(29-18)20(22)23;/h3-7,9-12,14,20,24H,1-2H3,(H,25,26)(H,27,28);/q-2;+1. The summed E-state index contributed by atoms with van der Waals surface area (Å²) >= 11 is 0.791. The Morgan fingerprint density at radius 3 is 2.77 bits per heavy atom. The molecular formula is C21H20F2KN4OS-. The van der Waals surface area contributed by atoms with Crippen molar-refractivity contribution in [3.05, 3.63) is 81.9 Å². The minimum Gasteiger partial charge on any atom is -0.560 e. The Hall–Kier alpha value is -1.49. The van der Waals surface area contributed by atoms with E-state index in [2.05, 4.69) is 27.1 Å². The van der Waals surface area contributed by atoms with Crippen molar-refractivity contribution in [3.8, 4) is 0 Å². The fourth-order valence-electron chi connectivity index (χ4n) is 2.57. The minimum atomic E-state index is -2.57. The van der Waals surface area contributed by atoms with E-state index in [1.165, 1.54) is 12.1 Å². The summed E-state index contributed by atoms with van der Waals surface area (Å²) in [5, 5.41) is 8.88. The number of thiophene rings is 1. The van der Waals surface area contributed by atoms with Gasteiger partial charge in [-0.25, -0.2) is 8.78 Å². The predicted molar refractivity (Wildman–Crippen MR) is 111 cm³/mol. The van der Waals surface area contributed by atoms with Crippen molar-refractivity contribution in [1.29, 1.82) is 0 Å². The molecule has 0 aliphatic rings. The second kappa shape index (κ2) is 11.8. The van der Waals surface area contributed by atoms with Gasteiger partial charge in [-0.3, -0.25) is 4.79 Å². The maximum Gasteiger partial charge on any atom is 1.00 e. The van der Waals surface area contributed by atoms with E-state index >= 15 is 0 Å². The zero-order valence-corrected chi connectivity index (χ0v) is 20.8. The van der Waals surface area contributed by atoms with Crippen molar-refractivity contribution in [2.24, 2.45) is 0 Å². The Labute approximate surface area is 220 Å². The Kier molecular flexibility index (Phi) is 9.73. The van der Waals surface area contributed by atoms with Gasteiger partial charge in [-0.1, -0.05) is 19.1 Å². The summed E-state index contributed by atoms with van der Waals surface area (Å²) in [7, 11) is 0. The van der Waals surface area contributed by atoms with Crippen LogP contribution >= 0.6 is 11.3 Å². The molecule has 152 valence electrons. The molecule has 3 N–H and O–H groups in total. The summed E-state index contributed by atoms with van der Waals surface area (Å²) in [6.45, 7) is 3.93. The number of amides is 1. The predicted octanol–water partition coefficient (Wildman–Crippen LogP) is 2.40. The maximum absolute atomic E-state index is 12.7. The zero-order valence-electron chi connectivity index (χ0n) is 16.9. The van der Waals surface area contributed by atoms with Crippen LogP contribution in [0.5, 0.6) is 0 Å². The van der Waals surface area contributed by atoms with Gasteiger partial charge in [0.2, 0.25) is 0 Å². The number of carbonyl (C=O) groups is 1. The molecule has 2 aromatic heterocycles. The summed E-state index contributed by atoms with van der Waals surface area (Å²) in [6.07, 6.45) is 3.80. The molecule has 0 radical (unpaired) electrons. The van der Waals surface area contributed by atoms with E-state index < -0.39 is 12.3 Å². The summed E-state index contributed by atoms with van der Waals surface area (Å²) in [4.78, 5) is 16.6. The van der Waals surface area contributed by atoms with Crippen LogP contribution in [0, 0.1) is 13.1 Å². The summed E-state index contributed by atoms with van der Waals surface area (Å²) < 4.78 is 25.4. The van der Waals surface area contributed by atoms with Crippen LogP contribution in [-0.2, 0) is 0 Å². The van der Waals surface area contributed by atoms with Gasteiger partial charge < -0.3 is 27.1 Å². The number of nitrogens with zero attached hydrogens (tertiary/aromatic N) is 1. The number of aromatic nitrogens is 1. The number of aryl methyl sites for hydroxylation is 1. The summed E-state index contributed by atoms with van der Waals surface area (Å²) in [5.41, 5.74) is 2.60. The molecule has 0 bridgehead atoms. The van der Waals surface area contributed by atoms with Crippen molar-refractivity contribution in [2.75, 3.05) is 10.6 Å². The maximum atomic E-state index is 12.7. The molecule has 1 amide bonds. The number of halogens is 2. The first-order valence-electron chi connectivity index (χ1n) is 8.90. The number of hydrogen-bond acceptors (Lipinski definition) is 5. The molecular weight excluding hydrogens is 433 g/mol. The van der Waals surface area contributed by atoms with Crippen LogP contribution in [0.3, 0.4) is 0 Å². The molecule has 1 atom stereocenters. The number of carbonyl (C=O) groups excluding carboxylic acids is 1. The number of rotatable bonds is 8. The van der Waals surface area contributed by atoms with Gasteiger partial charge in [0.1, 0.15) is 0 Å². The Bertz CT molecular complexity index is 1000. The van der Waals surface area contributed by atoms with Gasteiger partial charge in [0.25, 0.3) is 12.3 Å². The van der Waals surface area contributed by atoms with E-state index in [9.17, 15) is 13.6 Å². The van der Waals surface area contributed by atoms with E-state index in [0.717, 1.165) is 28.3 Å². The average molecular weight is 454 g/mol. The third-order valence-electron chi connectivity index (χ3n) is 4.07. The first kappa shape index (κ1) is 24.8. The van der Waals surface area contributed by atoms with Crippen LogP contribution in [0.15, 0.2) is 54.9 Å². The van der Waals surface area contributed by atoms with E-state index in [4.69, 9.17) is 0 Å². The van der Waals surface area contributed by atoms with Gasteiger partial charge in [-0.15, -0.1) is 17.5 Å². The van der Waals surface area contributed by atoms with Crippen molar-refractivity contribution in [3.63, 3.8) is 0 Å². The molecule has 0 spiro atoms. The second-order valence-corrected chi connectivity index (χ2v) is 7.53. The van der Waals surface area contributed by atoms with Crippen molar-refractivity contribution in [1.82, 2.24) is 10.3 Å². The van der Waals surface area contributed by atoms with E-state index in [1.54, 1.807) is 18.5 Å². The summed E-state index contributed by atoms with van der Waals surface area (Å²) in [6, 6.07) is 11.9. The Balaban J connectivity index is 0.00000320. The van der Waals surface area contributed by atoms with Crippen LogP contribution in [0.4, 0.5) is 20.3 Å². The molecule has 0 saturated carbocycles. The SMILES string of the molecule is Cc1cnc(NC=[C-]NC(C)c2cccc(NC(=O)c3ccc(C(F)F)s3)c2)[cH-]1.[K+]. The first-order valence-corrected chi connectivity index (χ1v) is 9.72. The van der Waals surface area contributed by atoms with Crippen molar-refractivity contribution >= 4 is 28.7 Å². The van der Waals surface area contributed by atoms with E-state index in [0.29, 0.717) is 5.69 Å². The largest absolute Gasteiger partial charge is 1.00 e. The fourth-order valence-corrected chi connectivity index (χ4v) is 3.33. The van der Waals surface area contributed by atoms with Crippen LogP contribution < -0.4 is 67.3 Å². The smallest absolute Gasteiger partial charge is 0.560 e. The monoisotopic (exact) mass is 453 g/mol. The molecule has 2 heterocycles. The zero-order chi connectivity index (χ0) is 20.8. The van der Waals surface area contributed by atoms with Gasteiger partial charge >= 0.3 is 51.4 Å². The number of anilines is 2. The molecule has 1 unspecified atom stereocenters. The third kappa shape index (κ3) is 7.04. The normalized spacial score (nSPS) is 11.9. The van der Waals surface area contributed by atoms with E-state index in [1.807, 2.05) is 38.1 Å². The molecule has 3 rings (SSSR count). The fraction of sp³-hybridized carbons (Fsp3) is 0.190. The first-order chi connectivity index (χ1) is 13.9. The topological polar surface area (TPSA) is 66.1 Å². The van der Waals surface area contributed by atoms with E-state index in [-0.39, 0.29) is 67.2 Å². The third-order valence-corrected chi connectivity index (χ3v) is 5.17. The number of alkyl halides is 2. The van der Waals surface area contributed by atoms with Crippen molar-refractivity contribution < 1.29 is 65.0 Å². The number of benzene rings is 1. The molecule has 5 nitrogen and oxygen atoms in total. The molecule has 0 aliphatic heterocycles. The van der Waals surface area contributed by atoms with Crippen LogP contribution in [0.2, 0.25) is 0 Å². The van der Waals surface area contributed by atoms with Gasteiger partial charge in [0, 0.05) is 17.5 Å². The second-order valence-electron chi connectivity index (χ2n) is 6.41.